The van der Waals surface area contributed by atoms with Gasteiger partial charge in [0.25, 0.3) is 5.91 Å². The molecule has 0 bridgehead atoms. The molecule has 5 heteroatoms. The van der Waals surface area contributed by atoms with Gasteiger partial charge in [0.05, 0.1) is 0 Å². The summed E-state index contributed by atoms with van der Waals surface area (Å²) in [7, 11) is 0. The molecule has 1 atom stereocenters. The zero-order chi connectivity index (χ0) is 12.5. The third-order valence-electron chi connectivity index (χ3n) is 2.91. The van der Waals surface area contributed by atoms with Gasteiger partial charge in [0.2, 0.25) is 5.67 Å². The van der Waals surface area contributed by atoms with Gasteiger partial charge in [-0.15, -0.1) is 0 Å². The van der Waals surface area contributed by atoms with Crippen LogP contribution in [-0.4, -0.2) is 12.5 Å². The van der Waals surface area contributed by atoms with Gasteiger partial charge in [-0.1, -0.05) is 23.2 Å². The number of carbonyl (C=O) groups is 1. The average molecular weight is 276 g/mol. The van der Waals surface area contributed by atoms with Crippen molar-refractivity contribution in [2.45, 2.75) is 24.9 Å². The monoisotopic (exact) mass is 275 g/mol. The number of amides is 1. The molecular formula is C12H12Cl2FNO. The number of alkyl halides is 1. The Kier molecular flexibility index (Phi) is 3.59. The lowest BCUT2D eigenvalue weighted by Crippen LogP contribution is -2.39. The molecule has 17 heavy (non-hydrogen) atoms. The molecule has 1 aromatic rings. The summed E-state index contributed by atoms with van der Waals surface area (Å²) in [5, 5.41) is 3.24. The van der Waals surface area contributed by atoms with Crippen LogP contribution in [0.3, 0.4) is 0 Å². The minimum absolute atomic E-state index is 0.162. The van der Waals surface area contributed by atoms with Crippen molar-refractivity contribution in [2.75, 3.05) is 6.54 Å². The van der Waals surface area contributed by atoms with Crippen LogP contribution in [0, 0.1) is 0 Å². The molecule has 0 aliphatic carbocycles. The summed E-state index contributed by atoms with van der Waals surface area (Å²) in [5.41, 5.74) is -1.79. The van der Waals surface area contributed by atoms with E-state index in [4.69, 9.17) is 23.2 Å². The highest BCUT2D eigenvalue weighted by molar-refractivity contribution is 6.34. The second-order valence-electron chi connectivity index (χ2n) is 4.17. The van der Waals surface area contributed by atoms with E-state index in [1.807, 2.05) is 0 Å². The van der Waals surface area contributed by atoms with Crippen molar-refractivity contribution in [3.8, 4) is 0 Å². The Labute approximate surface area is 109 Å². The van der Waals surface area contributed by atoms with Crippen LogP contribution in [0.4, 0.5) is 4.39 Å². The first-order valence-electron chi connectivity index (χ1n) is 5.46. The number of carbonyl (C=O) groups excluding carboxylic acids is 1. The van der Waals surface area contributed by atoms with Gasteiger partial charge in [-0.3, -0.25) is 4.79 Å². The van der Waals surface area contributed by atoms with Crippen molar-refractivity contribution >= 4 is 29.1 Å². The van der Waals surface area contributed by atoms with Crippen LogP contribution in [0.2, 0.25) is 10.0 Å². The molecule has 1 heterocycles. The third-order valence-corrected chi connectivity index (χ3v) is 3.35. The summed E-state index contributed by atoms with van der Waals surface area (Å²) in [6, 6.07) is 4.43. The maximum Gasteiger partial charge on any atom is 0.262 e. The van der Waals surface area contributed by atoms with Gasteiger partial charge in [-0.2, -0.15) is 0 Å². The summed E-state index contributed by atoms with van der Waals surface area (Å²) < 4.78 is 14.8. The summed E-state index contributed by atoms with van der Waals surface area (Å²) >= 11 is 11.7. The first-order chi connectivity index (χ1) is 8.02. The van der Waals surface area contributed by atoms with Crippen molar-refractivity contribution in [2.24, 2.45) is 0 Å². The lowest BCUT2D eigenvalue weighted by Gasteiger charge is -2.22. The summed E-state index contributed by atoms with van der Waals surface area (Å²) in [5.74, 6) is -0.603. The van der Waals surface area contributed by atoms with E-state index in [9.17, 15) is 9.18 Å². The Balaban J connectivity index is 2.44. The fourth-order valence-electron chi connectivity index (χ4n) is 2.01. The number of halogens is 3. The quantitative estimate of drug-likeness (QED) is 0.836. The molecule has 1 aromatic carbocycles. The van der Waals surface area contributed by atoms with Gasteiger partial charge >= 0.3 is 0 Å². The van der Waals surface area contributed by atoms with E-state index in [-0.39, 0.29) is 12.0 Å². The fourth-order valence-corrected chi connectivity index (χ4v) is 2.53. The highest BCUT2D eigenvalue weighted by Gasteiger charge is 2.41. The summed E-state index contributed by atoms with van der Waals surface area (Å²) in [6.45, 7) is 0.513. The van der Waals surface area contributed by atoms with Gasteiger partial charge in [-0.05, 0) is 37.5 Å². The van der Waals surface area contributed by atoms with Gasteiger partial charge in [0.15, 0.2) is 0 Å². The number of hydrogen-bond donors (Lipinski definition) is 1. The maximum atomic E-state index is 14.8. The van der Waals surface area contributed by atoms with Crippen molar-refractivity contribution in [3.63, 3.8) is 0 Å². The molecule has 92 valence electrons. The van der Waals surface area contributed by atoms with Gasteiger partial charge in [-0.25, -0.2) is 4.39 Å². The molecule has 2 nitrogen and oxygen atoms in total. The molecule has 1 unspecified atom stereocenters. The van der Waals surface area contributed by atoms with Crippen molar-refractivity contribution in [1.82, 2.24) is 5.32 Å². The Bertz CT molecular complexity index is 432. The summed E-state index contributed by atoms with van der Waals surface area (Å²) in [6.07, 6.45) is 1.60. The Hall–Kier alpha value is -0.800. The number of nitrogens with one attached hydrogen (secondary N) is 1. The van der Waals surface area contributed by atoms with E-state index in [0.717, 1.165) is 6.42 Å². The van der Waals surface area contributed by atoms with Crippen molar-refractivity contribution < 1.29 is 9.18 Å². The molecule has 1 N–H and O–H groups in total. The van der Waals surface area contributed by atoms with E-state index in [1.54, 1.807) is 0 Å². The minimum Gasteiger partial charge on any atom is -0.353 e. The first kappa shape index (κ1) is 12.7. The predicted molar refractivity (Wildman–Crippen MR) is 66.1 cm³/mol. The fraction of sp³-hybridized carbons (Fsp3) is 0.417. The molecule has 1 aliphatic heterocycles. The van der Waals surface area contributed by atoms with Crippen LogP contribution < -0.4 is 5.32 Å². The van der Waals surface area contributed by atoms with Crippen LogP contribution in [-0.2, 0) is 10.5 Å². The topological polar surface area (TPSA) is 29.1 Å². The minimum atomic E-state index is -2.02. The van der Waals surface area contributed by atoms with Crippen LogP contribution in [0.5, 0.6) is 0 Å². The highest BCUT2D eigenvalue weighted by atomic mass is 35.5. The van der Waals surface area contributed by atoms with E-state index < -0.39 is 11.6 Å². The lowest BCUT2D eigenvalue weighted by molar-refractivity contribution is -0.133. The predicted octanol–water partition coefficient (Wildman–Crippen LogP) is 3.46. The normalized spacial score (nSPS) is 25.2. The standard InChI is InChI=1S/C12H12Cl2FNO/c13-9-5-8(6-10(14)7-9)12(15)3-1-2-4-16-11(12)17/h5-7H,1-4H2,(H,16,17). The van der Waals surface area contributed by atoms with E-state index in [1.165, 1.54) is 18.2 Å². The number of hydrogen-bond acceptors (Lipinski definition) is 1. The maximum absolute atomic E-state index is 14.8. The van der Waals surface area contributed by atoms with Crippen LogP contribution in [0.15, 0.2) is 18.2 Å². The molecule has 1 fully saturated rings. The molecule has 0 aromatic heterocycles. The zero-order valence-corrected chi connectivity index (χ0v) is 10.6. The van der Waals surface area contributed by atoms with Crippen molar-refractivity contribution in [3.05, 3.63) is 33.8 Å². The van der Waals surface area contributed by atoms with Crippen LogP contribution in [0.25, 0.3) is 0 Å². The second-order valence-corrected chi connectivity index (χ2v) is 5.05. The van der Waals surface area contributed by atoms with Crippen LogP contribution >= 0.6 is 23.2 Å². The molecular weight excluding hydrogens is 264 g/mol. The molecule has 0 spiro atoms. The van der Waals surface area contributed by atoms with Gasteiger partial charge in [0.1, 0.15) is 0 Å². The third kappa shape index (κ3) is 2.55. The number of rotatable bonds is 1. The average Bonchev–Trinajstić information content (AvgIpc) is 2.41. The van der Waals surface area contributed by atoms with E-state index in [2.05, 4.69) is 5.32 Å². The molecule has 1 saturated heterocycles. The molecule has 0 radical (unpaired) electrons. The van der Waals surface area contributed by atoms with E-state index >= 15 is 0 Å². The lowest BCUT2D eigenvalue weighted by atomic mass is 9.90. The Morgan fingerprint density at radius 2 is 1.82 bits per heavy atom. The SMILES string of the molecule is O=C1NCCCCC1(F)c1cc(Cl)cc(Cl)c1. The first-order valence-corrected chi connectivity index (χ1v) is 6.22. The summed E-state index contributed by atoms with van der Waals surface area (Å²) in [4.78, 5) is 11.8. The molecule has 2 rings (SSSR count). The second kappa shape index (κ2) is 4.83. The van der Waals surface area contributed by atoms with Crippen LogP contribution in [0.1, 0.15) is 24.8 Å². The largest absolute Gasteiger partial charge is 0.353 e. The van der Waals surface area contributed by atoms with Gasteiger partial charge < -0.3 is 5.32 Å². The molecule has 1 aliphatic rings. The Morgan fingerprint density at radius 3 is 2.47 bits per heavy atom. The molecule has 0 saturated carbocycles. The van der Waals surface area contributed by atoms with Gasteiger partial charge in [0, 0.05) is 22.2 Å². The van der Waals surface area contributed by atoms with Crippen molar-refractivity contribution in [1.29, 1.82) is 0 Å². The van der Waals surface area contributed by atoms with E-state index in [0.29, 0.717) is 23.0 Å². The highest BCUT2D eigenvalue weighted by Crippen LogP contribution is 2.36. The Morgan fingerprint density at radius 1 is 1.18 bits per heavy atom. The number of benzene rings is 1. The molecule has 1 amide bonds. The smallest absolute Gasteiger partial charge is 0.262 e. The zero-order valence-electron chi connectivity index (χ0n) is 9.10.